The Morgan fingerprint density at radius 1 is 1.21 bits per heavy atom. The fourth-order valence-electron chi connectivity index (χ4n) is 3.66. The van der Waals surface area contributed by atoms with Gasteiger partial charge >= 0.3 is 0 Å². The number of likely N-dealkylation sites (tertiary alicyclic amines) is 1. The lowest BCUT2D eigenvalue weighted by molar-refractivity contribution is -0.121. The van der Waals surface area contributed by atoms with Gasteiger partial charge in [-0.1, -0.05) is 29.0 Å². The lowest BCUT2D eigenvalue weighted by Crippen LogP contribution is -2.47. The van der Waals surface area contributed by atoms with E-state index in [1.165, 1.54) is 11.3 Å². The van der Waals surface area contributed by atoms with E-state index in [9.17, 15) is 4.79 Å². The average molecular weight is 430 g/mol. The summed E-state index contributed by atoms with van der Waals surface area (Å²) in [7, 11) is 0. The molecule has 6 nitrogen and oxygen atoms in total. The predicted octanol–water partition coefficient (Wildman–Crippen LogP) is 4.86. The van der Waals surface area contributed by atoms with Gasteiger partial charge in [-0.25, -0.2) is 4.98 Å². The third-order valence-corrected chi connectivity index (χ3v) is 6.54. The predicted molar refractivity (Wildman–Crippen MR) is 118 cm³/mol. The molecule has 1 saturated heterocycles. The van der Waals surface area contributed by atoms with Crippen molar-refractivity contribution in [1.82, 2.24) is 20.1 Å². The Hall–Kier alpha value is -2.09. The largest absolute Gasteiger partial charge is 0.302 e. The number of thiazole rings is 1. The van der Waals surface area contributed by atoms with Crippen LogP contribution in [0.1, 0.15) is 33.6 Å². The maximum atomic E-state index is 12.7. The second kappa shape index (κ2) is 7.97. The molecule has 2 aromatic heterocycles. The van der Waals surface area contributed by atoms with Crippen LogP contribution in [0.15, 0.2) is 30.5 Å². The highest BCUT2D eigenvalue weighted by Gasteiger charge is 2.30. The Morgan fingerprint density at radius 3 is 2.69 bits per heavy atom. The third kappa shape index (κ3) is 4.57. The first-order valence-electron chi connectivity index (χ1n) is 9.75. The zero-order chi connectivity index (χ0) is 20.6. The molecule has 0 unspecified atom stereocenters. The smallest absolute Gasteiger partial charge is 0.229 e. The number of hydrogen-bond donors (Lipinski definition) is 1. The molecule has 0 spiro atoms. The fraction of sp³-hybridized carbons (Fsp3) is 0.429. The topological polar surface area (TPSA) is 71.0 Å². The van der Waals surface area contributed by atoms with Gasteiger partial charge < -0.3 is 5.32 Å². The molecular weight excluding hydrogens is 406 g/mol. The van der Waals surface area contributed by atoms with Gasteiger partial charge in [-0.3, -0.25) is 9.69 Å². The number of aromatic nitrogens is 3. The molecule has 1 amide bonds. The van der Waals surface area contributed by atoms with E-state index in [-0.39, 0.29) is 17.4 Å². The first-order valence-corrected chi connectivity index (χ1v) is 10.9. The molecule has 0 bridgehead atoms. The Morgan fingerprint density at radius 2 is 1.97 bits per heavy atom. The summed E-state index contributed by atoms with van der Waals surface area (Å²) in [5, 5.41) is 12.9. The van der Waals surface area contributed by atoms with Gasteiger partial charge in [-0.2, -0.15) is 0 Å². The third-order valence-electron chi connectivity index (χ3n) is 5.39. The SMILES string of the molecule is CC(C)(C)N1CCC(C(=O)Nc2ncc(-c3ccc4nnc(Cl)cc4c3)s2)CC1. The number of piperidine rings is 1. The van der Waals surface area contributed by atoms with Crippen LogP contribution in [0.5, 0.6) is 0 Å². The van der Waals surface area contributed by atoms with Crippen LogP contribution in [0.3, 0.4) is 0 Å². The lowest BCUT2D eigenvalue weighted by atomic mass is 9.92. The van der Waals surface area contributed by atoms with Crippen molar-refractivity contribution in [3.63, 3.8) is 0 Å². The van der Waals surface area contributed by atoms with E-state index in [1.807, 2.05) is 18.2 Å². The van der Waals surface area contributed by atoms with E-state index in [0.717, 1.165) is 47.3 Å². The highest BCUT2D eigenvalue weighted by molar-refractivity contribution is 7.19. The van der Waals surface area contributed by atoms with Gasteiger partial charge in [0, 0.05) is 23.0 Å². The molecule has 29 heavy (non-hydrogen) atoms. The van der Waals surface area contributed by atoms with Gasteiger partial charge in [0.2, 0.25) is 5.91 Å². The molecule has 0 radical (unpaired) electrons. The number of hydrogen-bond acceptors (Lipinski definition) is 6. The van der Waals surface area contributed by atoms with Crippen molar-refractivity contribution in [3.05, 3.63) is 35.6 Å². The summed E-state index contributed by atoms with van der Waals surface area (Å²) in [6.07, 6.45) is 3.56. The van der Waals surface area contributed by atoms with Crippen molar-refractivity contribution >= 4 is 44.9 Å². The Balaban J connectivity index is 1.42. The van der Waals surface area contributed by atoms with Crippen LogP contribution in [0.4, 0.5) is 5.13 Å². The van der Waals surface area contributed by atoms with E-state index >= 15 is 0 Å². The Labute approximate surface area is 179 Å². The summed E-state index contributed by atoms with van der Waals surface area (Å²) in [4.78, 5) is 20.5. The molecule has 8 heteroatoms. The van der Waals surface area contributed by atoms with Crippen molar-refractivity contribution in [3.8, 4) is 10.4 Å². The zero-order valence-corrected chi connectivity index (χ0v) is 18.3. The summed E-state index contributed by atoms with van der Waals surface area (Å²) in [5.41, 5.74) is 1.96. The highest BCUT2D eigenvalue weighted by atomic mass is 35.5. The van der Waals surface area contributed by atoms with E-state index in [2.05, 4.69) is 46.2 Å². The number of carbonyl (C=O) groups is 1. The quantitative estimate of drug-likeness (QED) is 0.644. The normalized spacial score (nSPS) is 16.3. The highest BCUT2D eigenvalue weighted by Crippen LogP contribution is 2.32. The van der Waals surface area contributed by atoms with Gasteiger partial charge in [0.1, 0.15) is 0 Å². The number of carbonyl (C=O) groups excluding carboxylic acids is 1. The summed E-state index contributed by atoms with van der Waals surface area (Å²) in [6.45, 7) is 8.56. The number of nitrogens with one attached hydrogen (secondary N) is 1. The molecule has 1 aliphatic heterocycles. The second-order valence-corrected chi connectivity index (χ2v) is 9.81. The number of anilines is 1. The number of benzene rings is 1. The first kappa shape index (κ1) is 20.2. The molecular formula is C21H24ClN5OS. The Kier molecular flexibility index (Phi) is 5.55. The molecule has 0 aliphatic carbocycles. The van der Waals surface area contributed by atoms with Gasteiger partial charge in [-0.05, 0) is 70.5 Å². The standard InChI is InChI=1S/C21H24ClN5OS/c1-21(2,3)27-8-6-13(7-9-27)19(28)24-20-23-12-17(29-20)14-4-5-16-15(10-14)11-18(22)26-25-16/h4-5,10-13H,6-9H2,1-3H3,(H,23,24,28). The molecule has 1 aromatic carbocycles. The van der Waals surface area contributed by atoms with Crippen molar-refractivity contribution in [1.29, 1.82) is 0 Å². The fourth-order valence-corrected chi connectivity index (χ4v) is 4.63. The maximum Gasteiger partial charge on any atom is 0.229 e. The lowest BCUT2D eigenvalue weighted by Gasteiger charge is -2.40. The van der Waals surface area contributed by atoms with E-state index in [0.29, 0.717) is 10.3 Å². The van der Waals surface area contributed by atoms with E-state index < -0.39 is 0 Å². The van der Waals surface area contributed by atoms with Crippen LogP contribution >= 0.6 is 22.9 Å². The molecule has 1 aliphatic rings. The monoisotopic (exact) mass is 429 g/mol. The van der Waals surface area contributed by atoms with Crippen molar-refractivity contribution in [2.45, 2.75) is 39.2 Å². The summed E-state index contributed by atoms with van der Waals surface area (Å²) >= 11 is 7.43. The van der Waals surface area contributed by atoms with Crippen molar-refractivity contribution in [2.24, 2.45) is 5.92 Å². The summed E-state index contributed by atoms with van der Waals surface area (Å²) in [6, 6.07) is 7.69. The number of amides is 1. The van der Waals surface area contributed by atoms with Gasteiger partial charge in [0.15, 0.2) is 10.3 Å². The van der Waals surface area contributed by atoms with Crippen LogP contribution in [0.25, 0.3) is 21.3 Å². The van der Waals surface area contributed by atoms with Crippen molar-refractivity contribution in [2.75, 3.05) is 18.4 Å². The minimum atomic E-state index is 0.0438. The van der Waals surface area contributed by atoms with Crippen LogP contribution in [0, 0.1) is 5.92 Å². The van der Waals surface area contributed by atoms with Crippen LogP contribution < -0.4 is 5.32 Å². The molecule has 4 rings (SSSR count). The summed E-state index contributed by atoms with van der Waals surface area (Å²) in [5.74, 6) is 0.113. The zero-order valence-electron chi connectivity index (χ0n) is 16.8. The molecule has 0 atom stereocenters. The van der Waals surface area contributed by atoms with E-state index in [1.54, 1.807) is 12.3 Å². The molecule has 3 aromatic rings. The van der Waals surface area contributed by atoms with Gasteiger partial charge in [0.05, 0.1) is 10.4 Å². The number of nitrogens with zero attached hydrogens (tertiary/aromatic N) is 4. The van der Waals surface area contributed by atoms with Crippen molar-refractivity contribution < 1.29 is 4.79 Å². The number of fused-ring (bicyclic) bond motifs is 1. The molecule has 1 fully saturated rings. The molecule has 3 heterocycles. The maximum absolute atomic E-state index is 12.7. The van der Waals surface area contributed by atoms with E-state index in [4.69, 9.17) is 11.6 Å². The minimum absolute atomic E-state index is 0.0438. The average Bonchev–Trinajstić information content (AvgIpc) is 3.15. The van der Waals surface area contributed by atoms with Crippen LogP contribution in [-0.2, 0) is 4.79 Å². The Bertz CT molecular complexity index is 1040. The van der Waals surface area contributed by atoms with Gasteiger partial charge in [0.25, 0.3) is 0 Å². The molecule has 0 saturated carbocycles. The van der Waals surface area contributed by atoms with Crippen LogP contribution in [0.2, 0.25) is 5.15 Å². The first-order chi connectivity index (χ1) is 13.8. The second-order valence-electron chi connectivity index (χ2n) is 8.39. The molecule has 1 N–H and O–H groups in total. The minimum Gasteiger partial charge on any atom is -0.302 e. The number of rotatable bonds is 3. The number of halogens is 1. The van der Waals surface area contributed by atoms with Crippen LogP contribution in [-0.4, -0.2) is 44.6 Å². The van der Waals surface area contributed by atoms with Gasteiger partial charge in [-0.15, -0.1) is 10.2 Å². The molecule has 152 valence electrons. The summed E-state index contributed by atoms with van der Waals surface area (Å²) < 4.78 is 0.